The van der Waals surface area contributed by atoms with E-state index in [4.69, 9.17) is 0 Å². The van der Waals surface area contributed by atoms with Crippen molar-refractivity contribution in [3.63, 3.8) is 0 Å². The van der Waals surface area contributed by atoms with Crippen LogP contribution in [0.5, 0.6) is 0 Å². The third-order valence-corrected chi connectivity index (χ3v) is 3.97. The highest BCUT2D eigenvalue weighted by Gasteiger charge is 2.34. The van der Waals surface area contributed by atoms with Crippen molar-refractivity contribution in [3.8, 4) is 0 Å². The maximum atomic E-state index is 10.3. The lowest BCUT2D eigenvalue weighted by atomic mass is 9.75. The molecule has 0 fully saturated rings. The maximum Gasteiger partial charge on any atom is 0.144 e. The van der Waals surface area contributed by atoms with Crippen LogP contribution in [-0.4, -0.2) is 24.9 Å². The smallest absolute Gasteiger partial charge is 0.144 e. The van der Waals surface area contributed by atoms with Crippen LogP contribution in [-0.2, 0) is 13.0 Å². The number of aromatic amines is 1. The predicted octanol–water partition coefficient (Wildman–Crippen LogP) is 1.97. The summed E-state index contributed by atoms with van der Waals surface area (Å²) in [5.74, 6) is 0.847. The molecule has 0 spiro atoms. The van der Waals surface area contributed by atoms with E-state index in [2.05, 4.69) is 46.6 Å². The fourth-order valence-corrected chi connectivity index (χ4v) is 3.08. The second-order valence-electron chi connectivity index (χ2n) is 6.27. The highest BCUT2D eigenvalue weighted by Crippen LogP contribution is 2.41. The van der Waals surface area contributed by atoms with Crippen molar-refractivity contribution in [2.24, 2.45) is 5.41 Å². The van der Waals surface area contributed by atoms with Gasteiger partial charge >= 0.3 is 0 Å². The Bertz CT molecular complexity index is 583. The molecule has 0 aliphatic heterocycles. The molecule has 1 atom stereocenters. The number of nitrogens with one attached hydrogen (secondary N) is 1. The van der Waals surface area contributed by atoms with Crippen molar-refractivity contribution in [2.75, 3.05) is 0 Å². The van der Waals surface area contributed by atoms with Crippen molar-refractivity contribution >= 4 is 0 Å². The first-order chi connectivity index (χ1) is 8.96. The molecule has 19 heavy (non-hydrogen) atoms. The molecule has 5 nitrogen and oxygen atoms in total. The molecule has 1 aliphatic rings. The van der Waals surface area contributed by atoms with E-state index >= 15 is 0 Å². The molecular weight excluding hydrogens is 240 g/mol. The van der Waals surface area contributed by atoms with Crippen LogP contribution in [0.1, 0.15) is 49.1 Å². The first kappa shape index (κ1) is 12.4. The lowest BCUT2D eigenvalue weighted by Gasteiger charge is -2.33. The summed E-state index contributed by atoms with van der Waals surface area (Å²) < 4.78 is 2.24. The zero-order valence-electron chi connectivity index (χ0n) is 11.6. The molecule has 2 heterocycles. The Morgan fingerprint density at radius 3 is 3.00 bits per heavy atom. The van der Waals surface area contributed by atoms with Crippen molar-refractivity contribution in [3.05, 3.63) is 35.2 Å². The first-order valence-electron chi connectivity index (χ1n) is 6.67. The van der Waals surface area contributed by atoms with Gasteiger partial charge in [-0.25, -0.2) is 4.98 Å². The quantitative estimate of drug-likeness (QED) is 0.867. The van der Waals surface area contributed by atoms with Crippen LogP contribution < -0.4 is 0 Å². The van der Waals surface area contributed by atoms with E-state index < -0.39 is 0 Å². The molecule has 0 amide bonds. The standard InChI is InChI=1S/C14H20N4O/c1-9-4-10-11(5-14(2,3)6-12(10)19)18(9)7-13-15-8-16-17-13/h4,8,12,19H,5-7H2,1-3H3,(H,15,16,17). The number of rotatable bonds is 2. The Labute approximate surface area is 112 Å². The van der Waals surface area contributed by atoms with Gasteiger partial charge in [0.15, 0.2) is 0 Å². The van der Waals surface area contributed by atoms with Gasteiger partial charge in [-0.2, -0.15) is 5.10 Å². The Morgan fingerprint density at radius 2 is 2.32 bits per heavy atom. The number of aliphatic hydroxyl groups excluding tert-OH is 1. The van der Waals surface area contributed by atoms with Gasteiger partial charge in [-0.1, -0.05) is 13.8 Å². The topological polar surface area (TPSA) is 66.7 Å². The molecule has 1 unspecified atom stereocenters. The summed E-state index contributed by atoms with van der Waals surface area (Å²) in [6, 6.07) is 2.10. The summed E-state index contributed by atoms with van der Waals surface area (Å²) in [7, 11) is 0. The minimum atomic E-state index is -0.353. The van der Waals surface area contributed by atoms with Crippen LogP contribution in [0, 0.1) is 12.3 Å². The zero-order valence-corrected chi connectivity index (χ0v) is 11.6. The molecule has 0 saturated carbocycles. The van der Waals surface area contributed by atoms with Crippen LogP contribution in [0.25, 0.3) is 0 Å². The average Bonchev–Trinajstić information content (AvgIpc) is 2.90. The molecular formula is C14H20N4O. The monoisotopic (exact) mass is 260 g/mol. The average molecular weight is 260 g/mol. The summed E-state index contributed by atoms with van der Waals surface area (Å²) in [6.45, 7) is 7.18. The van der Waals surface area contributed by atoms with E-state index in [9.17, 15) is 5.11 Å². The fourth-order valence-electron chi connectivity index (χ4n) is 3.08. The van der Waals surface area contributed by atoms with Crippen molar-refractivity contribution < 1.29 is 5.11 Å². The van der Waals surface area contributed by atoms with Gasteiger partial charge < -0.3 is 9.67 Å². The molecule has 5 heteroatoms. The van der Waals surface area contributed by atoms with Crippen molar-refractivity contribution in [2.45, 2.75) is 46.3 Å². The molecule has 0 radical (unpaired) electrons. The first-order valence-corrected chi connectivity index (χ1v) is 6.67. The van der Waals surface area contributed by atoms with Crippen LogP contribution >= 0.6 is 0 Å². The lowest BCUT2D eigenvalue weighted by molar-refractivity contribution is 0.0980. The maximum absolute atomic E-state index is 10.3. The second-order valence-corrected chi connectivity index (χ2v) is 6.27. The highest BCUT2D eigenvalue weighted by atomic mass is 16.3. The summed E-state index contributed by atoms with van der Waals surface area (Å²) in [5.41, 5.74) is 3.61. The number of H-pyrrole nitrogens is 1. The minimum Gasteiger partial charge on any atom is -0.388 e. The Kier molecular flexibility index (Phi) is 2.74. The van der Waals surface area contributed by atoms with E-state index in [-0.39, 0.29) is 11.5 Å². The highest BCUT2D eigenvalue weighted by molar-refractivity contribution is 5.33. The van der Waals surface area contributed by atoms with Gasteiger partial charge in [0.2, 0.25) is 0 Å². The second kappa shape index (κ2) is 4.20. The number of nitrogens with zero attached hydrogens (tertiary/aromatic N) is 3. The van der Waals surface area contributed by atoms with Crippen LogP contribution in [0.3, 0.4) is 0 Å². The number of fused-ring (bicyclic) bond motifs is 1. The molecule has 3 rings (SSSR count). The molecule has 2 aromatic heterocycles. The number of aryl methyl sites for hydroxylation is 1. The Morgan fingerprint density at radius 1 is 1.53 bits per heavy atom. The van der Waals surface area contributed by atoms with Gasteiger partial charge in [0.05, 0.1) is 12.6 Å². The predicted molar refractivity (Wildman–Crippen MR) is 71.7 cm³/mol. The van der Waals surface area contributed by atoms with E-state index in [0.29, 0.717) is 6.54 Å². The molecule has 0 aromatic carbocycles. The van der Waals surface area contributed by atoms with Gasteiger partial charge in [-0.15, -0.1) is 0 Å². The van der Waals surface area contributed by atoms with Crippen LogP contribution in [0.4, 0.5) is 0 Å². The third kappa shape index (κ3) is 2.18. The van der Waals surface area contributed by atoms with E-state index in [1.807, 2.05) is 0 Å². The lowest BCUT2D eigenvalue weighted by Crippen LogP contribution is -2.27. The molecule has 2 aromatic rings. The van der Waals surface area contributed by atoms with Gasteiger partial charge in [0.1, 0.15) is 12.2 Å². The van der Waals surface area contributed by atoms with E-state index in [1.54, 1.807) is 0 Å². The van der Waals surface area contributed by atoms with Gasteiger partial charge in [0, 0.05) is 17.0 Å². The molecule has 2 N–H and O–H groups in total. The van der Waals surface area contributed by atoms with E-state index in [0.717, 1.165) is 29.9 Å². The molecule has 0 bridgehead atoms. The van der Waals surface area contributed by atoms with E-state index in [1.165, 1.54) is 12.0 Å². The summed E-state index contributed by atoms with van der Waals surface area (Å²) in [5, 5.41) is 17.1. The third-order valence-electron chi connectivity index (χ3n) is 3.97. The Balaban J connectivity index is 2.02. The largest absolute Gasteiger partial charge is 0.388 e. The van der Waals surface area contributed by atoms with Gasteiger partial charge in [-0.05, 0) is 31.2 Å². The normalized spacial score (nSPS) is 21.4. The van der Waals surface area contributed by atoms with Crippen molar-refractivity contribution in [1.29, 1.82) is 0 Å². The van der Waals surface area contributed by atoms with Gasteiger partial charge in [0.25, 0.3) is 0 Å². The van der Waals surface area contributed by atoms with Crippen molar-refractivity contribution in [1.82, 2.24) is 19.7 Å². The SMILES string of the molecule is Cc1cc2c(n1Cc1ncn[nH]1)CC(C)(C)CC2O. The molecule has 1 aliphatic carbocycles. The summed E-state index contributed by atoms with van der Waals surface area (Å²) in [4.78, 5) is 4.19. The molecule has 0 saturated heterocycles. The van der Waals surface area contributed by atoms with Gasteiger partial charge in [-0.3, -0.25) is 5.10 Å². The number of hydrogen-bond donors (Lipinski definition) is 2. The summed E-state index contributed by atoms with van der Waals surface area (Å²) >= 11 is 0. The fraction of sp³-hybridized carbons (Fsp3) is 0.571. The van der Waals surface area contributed by atoms with Crippen LogP contribution in [0.15, 0.2) is 12.4 Å². The Hall–Kier alpha value is -1.62. The zero-order chi connectivity index (χ0) is 13.6. The van der Waals surface area contributed by atoms with Crippen LogP contribution in [0.2, 0.25) is 0 Å². The number of aromatic nitrogens is 4. The molecule has 102 valence electrons. The summed E-state index contributed by atoms with van der Waals surface area (Å²) in [6.07, 6.45) is 2.99. The minimum absolute atomic E-state index is 0.135. The number of hydrogen-bond acceptors (Lipinski definition) is 3. The number of aliphatic hydroxyl groups is 1.